The molecule has 1 aromatic heterocycles. The number of hydrogen-bond donors (Lipinski definition) is 0. The first-order valence-corrected chi connectivity index (χ1v) is 4.55. The third-order valence-corrected chi connectivity index (χ3v) is 3.41. The molecule has 0 aliphatic heterocycles. The molecule has 0 atom stereocenters. The smallest absolute Gasteiger partial charge is 0.107 e. The first kappa shape index (κ1) is 11.5. The SMILES string of the molecule is Fn1nnnc1C(Cl)(Cl)C(Cl)(Cl)Cl. The van der Waals surface area contributed by atoms with Crippen LogP contribution in [-0.2, 0) is 4.33 Å². The number of rotatable bonds is 1. The highest BCUT2D eigenvalue weighted by Gasteiger charge is 2.52. The lowest BCUT2D eigenvalue weighted by Gasteiger charge is -2.23. The molecule has 0 unspecified atom stereocenters. The van der Waals surface area contributed by atoms with Gasteiger partial charge in [-0.05, 0) is 10.4 Å². The van der Waals surface area contributed by atoms with E-state index in [1.54, 1.807) is 0 Å². The molecule has 0 bridgehead atoms. The summed E-state index contributed by atoms with van der Waals surface area (Å²) >= 11 is 27.2. The molecule has 0 radical (unpaired) electrons. The summed E-state index contributed by atoms with van der Waals surface area (Å²) in [6.45, 7) is 0. The maximum absolute atomic E-state index is 12.7. The quantitative estimate of drug-likeness (QED) is 0.745. The van der Waals surface area contributed by atoms with Crippen molar-refractivity contribution in [3.63, 3.8) is 0 Å². The molecular formula is C3Cl5FN4. The zero-order chi connectivity index (χ0) is 10.3. The molecule has 0 saturated heterocycles. The van der Waals surface area contributed by atoms with Gasteiger partial charge in [-0.3, -0.25) is 0 Å². The van der Waals surface area contributed by atoms with Crippen LogP contribution in [0.5, 0.6) is 0 Å². The topological polar surface area (TPSA) is 43.6 Å². The molecule has 1 rings (SSSR count). The minimum Gasteiger partial charge on any atom is -0.107 e. The van der Waals surface area contributed by atoms with Crippen LogP contribution < -0.4 is 0 Å². The summed E-state index contributed by atoms with van der Waals surface area (Å²) in [6.07, 6.45) is 0. The van der Waals surface area contributed by atoms with Gasteiger partial charge in [-0.1, -0.05) is 67.4 Å². The third kappa shape index (κ3) is 2.10. The first-order chi connectivity index (χ1) is 5.77. The molecule has 0 aromatic carbocycles. The van der Waals surface area contributed by atoms with E-state index in [1.807, 2.05) is 0 Å². The second kappa shape index (κ2) is 3.55. The highest BCUT2D eigenvalue weighted by molar-refractivity contribution is 6.75. The first-order valence-electron chi connectivity index (χ1n) is 2.66. The average molecular weight is 288 g/mol. The van der Waals surface area contributed by atoms with Gasteiger partial charge in [0.1, 0.15) is 0 Å². The van der Waals surface area contributed by atoms with Crippen LogP contribution in [0.15, 0.2) is 0 Å². The van der Waals surface area contributed by atoms with Gasteiger partial charge < -0.3 is 0 Å². The molecule has 4 nitrogen and oxygen atoms in total. The molecule has 0 aliphatic rings. The number of aromatic nitrogens is 4. The lowest BCUT2D eigenvalue weighted by atomic mass is 10.4. The van der Waals surface area contributed by atoms with Crippen molar-refractivity contribution in [1.29, 1.82) is 0 Å². The Labute approximate surface area is 96.8 Å². The van der Waals surface area contributed by atoms with Gasteiger partial charge in [0.25, 0.3) is 0 Å². The number of alkyl halides is 5. The summed E-state index contributed by atoms with van der Waals surface area (Å²) in [4.78, 5) is -0.276. The van der Waals surface area contributed by atoms with Crippen molar-refractivity contribution in [2.75, 3.05) is 0 Å². The van der Waals surface area contributed by atoms with Gasteiger partial charge in [-0.15, -0.1) is 5.10 Å². The van der Waals surface area contributed by atoms with Crippen molar-refractivity contribution in [3.8, 4) is 0 Å². The predicted octanol–water partition coefficient (Wildman–Crippen LogP) is 2.41. The molecule has 0 aliphatic carbocycles. The Morgan fingerprint density at radius 2 is 1.69 bits per heavy atom. The zero-order valence-electron chi connectivity index (χ0n) is 5.56. The van der Waals surface area contributed by atoms with Crippen LogP contribution in [0.2, 0.25) is 0 Å². The summed E-state index contributed by atoms with van der Waals surface area (Å²) in [5, 5.41) is 8.95. The zero-order valence-corrected chi connectivity index (χ0v) is 9.34. The summed E-state index contributed by atoms with van der Waals surface area (Å²) < 4.78 is 8.41. The average Bonchev–Trinajstić information content (AvgIpc) is 2.32. The van der Waals surface area contributed by atoms with Crippen LogP contribution in [-0.4, -0.2) is 24.2 Å². The van der Waals surface area contributed by atoms with Gasteiger partial charge in [-0.2, -0.15) is 0 Å². The third-order valence-electron chi connectivity index (χ3n) is 1.07. The van der Waals surface area contributed by atoms with Crippen LogP contribution in [0.25, 0.3) is 0 Å². The maximum Gasteiger partial charge on any atom is 0.230 e. The van der Waals surface area contributed by atoms with Gasteiger partial charge in [0, 0.05) is 0 Å². The monoisotopic (exact) mass is 286 g/mol. The molecule has 1 aromatic rings. The normalized spacial score (nSPS) is 13.4. The summed E-state index contributed by atoms with van der Waals surface area (Å²) in [5.41, 5.74) is 0. The number of halogens is 6. The number of tetrazole rings is 1. The Balaban J connectivity index is 3.15. The van der Waals surface area contributed by atoms with E-state index in [9.17, 15) is 4.48 Å². The van der Waals surface area contributed by atoms with E-state index in [2.05, 4.69) is 15.5 Å². The summed E-state index contributed by atoms with van der Waals surface area (Å²) in [6, 6.07) is 0. The van der Waals surface area contributed by atoms with Crippen LogP contribution in [0.4, 0.5) is 4.48 Å². The van der Waals surface area contributed by atoms with Gasteiger partial charge in [0.15, 0.2) is 0 Å². The Bertz CT molecular complexity index is 305. The fourth-order valence-corrected chi connectivity index (χ4v) is 0.951. The van der Waals surface area contributed by atoms with Crippen LogP contribution in [0, 0.1) is 0 Å². The van der Waals surface area contributed by atoms with Gasteiger partial charge >= 0.3 is 0 Å². The fraction of sp³-hybridized carbons (Fsp3) is 0.667. The van der Waals surface area contributed by atoms with E-state index in [0.29, 0.717) is 0 Å². The van der Waals surface area contributed by atoms with E-state index in [-0.39, 0.29) is 4.90 Å². The molecule has 74 valence electrons. The highest BCUT2D eigenvalue weighted by Crippen LogP contribution is 2.51. The fourth-order valence-electron chi connectivity index (χ4n) is 0.482. The second-order valence-corrected chi connectivity index (χ2v) is 5.54. The van der Waals surface area contributed by atoms with Crippen LogP contribution >= 0.6 is 58.0 Å². The second-order valence-electron chi connectivity index (χ2n) is 1.93. The molecule has 13 heavy (non-hydrogen) atoms. The molecule has 0 N–H and O–H groups in total. The van der Waals surface area contributed by atoms with E-state index in [4.69, 9.17) is 58.0 Å². The van der Waals surface area contributed by atoms with Crippen LogP contribution in [0.3, 0.4) is 0 Å². The minimum atomic E-state index is -2.16. The minimum absolute atomic E-state index is 0.276. The van der Waals surface area contributed by atoms with Crippen molar-refractivity contribution >= 4 is 58.0 Å². The number of hydrogen-bond acceptors (Lipinski definition) is 3. The summed E-state index contributed by atoms with van der Waals surface area (Å²) in [7, 11) is 0. The number of nitrogens with zero attached hydrogens (tertiary/aromatic N) is 4. The largest absolute Gasteiger partial charge is 0.230 e. The molecule has 0 saturated carbocycles. The highest BCUT2D eigenvalue weighted by atomic mass is 35.6. The molecule has 0 spiro atoms. The van der Waals surface area contributed by atoms with E-state index < -0.39 is 14.0 Å². The van der Waals surface area contributed by atoms with E-state index in [1.165, 1.54) is 0 Å². The van der Waals surface area contributed by atoms with Crippen molar-refractivity contribution in [2.24, 2.45) is 0 Å². The molecule has 0 fully saturated rings. The maximum atomic E-state index is 12.7. The Kier molecular flexibility index (Phi) is 3.14. The van der Waals surface area contributed by atoms with Crippen LogP contribution in [0.1, 0.15) is 5.82 Å². The van der Waals surface area contributed by atoms with E-state index in [0.717, 1.165) is 0 Å². The standard InChI is InChI=1S/C3Cl5FN4/c4-2(5,3(6,7)8)1-10-11-12-13(1)9. The van der Waals surface area contributed by atoms with Crippen molar-refractivity contribution < 1.29 is 4.48 Å². The molecular weight excluding hydrogens is 288 g/mol. The van der Waals surface area contributed by atoms with E-state index >= 15 is 0 Å². The van der Waals surface area contributed by atoms with Gasteiger partial charge in [-0.25, -0.2) is 0 Å². The van der Waals surface area contributed by atoms with Crippen molar-refractivity contribution in [1.82, 2.24) is 20.4 Å². The lowest BCUT2D eigenvalue weighted by molar-refractivity contribution is 0.288. The summed E-state index contributed by atoms with van der Waals surface area (Å²) in [5.74, 6) is -0.601. The predicted molar refractivity (Wildman–Crippen MR) is 48.0 cm³/mol. The van der Waals surface area contributed by atoms with Crippen molar-refractivity contribution in [2.45, 2.75) is 8.13 Å². The van der Waals surface area contributed by atoms with Gasteiger partial charge in [0.05, 0.1) is 0 Å². The Morgan fingerprint density at radius 1 is 1.15 bits per heavy atom. The lowest BCUT2D eigenvalue weighted by Crippen LogP contribution is -2.31. The molecule has 0 amide bonds. The Morgan fingerprint density at radius 3 is 2.00 bits per heavy atom. The van der Waals surface area contributed by atoms with Crippen molar-refractivity contribution in [3.05, 3.63) is 5.82 Å². The molecule has 10 heteroatoms. The Hall–Kier alpha value is 0.450. The molecule has 1 heterocycles. The van der Waals surface area contributed by atoms with Gasteiger partial charge in [0.2, 0.25) is 14.0 Å².